The van der Waals surface area contributed by atoms with Crippen molar-refractivity contribution in [2.24, 2.45) is 11.0 Å². The zero-order valence-electron chi connectivity index (χ0n) is 19.1. The molecule has 1 heterocycles. The van der Waals surface area contributed by atoms with Crippen LogP contribution in [0.5, 0.6) is 0 Å². The lowest BCUT2D eigenvalue weighted by molar-refractivity contribution is -0.144. The van der Waals surface area contributed by atoms with Crippen LogP contribution in [0.1, 0.15) is 46.8 Å². The zero-order chi connectivity index (χ0) is 23.0. The maximum absolute atomic E-state index is 12.8. The van der Waals surface area contributed by atoms with Crippen molar-refractivity contribution >= 4 is 35.5 Å². The summed E-state index contributed by atoms with van der Waals surface area (Å²) in [6.45, 7) is 4.23. The summed E-state index contributed by atoms with van der Waals surface area (Å²) in [6, 6.07) is 13.6. The van der Waals surface area contributed by atoms with E-state index in [0.29, 0.717) is 24.5 Å². The van der Waals surface area contributed by atoms with E-state index in [2.05, 4.69) is 15.4 Å². The van der Waals surface area contributed by atoms with Gasteiger partial charge < -0.3 is 10.1 Å². The summed E-state index contributed by atoms with van der Waals surface area (Å²) in [5.41, 5.74) is 4.86. The van der Waals surface area contributed by atoms with E-state index >= 15 is 0 Å². The largest absolute Gasteiger partial charge is 0.466 e. The molecule has 1 N–H and O–H groups in total. The summed E-state index contributed by atoms with van der Waals surface area (Å²) in [7, 11) is 0. The van der Waals surface area contributed by atoms with E-state index in [1.807, 2.05) is 67.4 Å². The third kappa shape index (κ3) is 6.60. The minimum absolute atomic E-state index is 0.112. The van der Waals surface area contributed by atoms with E-state index < -0.39 is 0 Å². The molecule has 1 atom stereocenters. The van der Waals surface area contributed by atoms with Gasteiger partial charge in [-0.05, 0) is 73.1 Å². The molecule has 2 aromatic carbocycles. The summed E-state index contributed by atoms with van der Waals surface area (Å²) in [5.74, 6) is 2.33. The van der Waals surface area contributed by atoms with Crippen molar-refractivity contribution in [1.29, 1.82) is 0 Å². The topological polar surface area (TPSA) is 71.0 Å². The lowest BCUT2D eigenvalue weighted by atomic mass is 9.81. The third-order valence-corrected chi connectivity index (χ3v) is 7.03. The molecule has 1 unspecified atom stereocenters. The first-order chi connectivity index (χ1) is 16.1. The van der Waals surface area contributed by atoms with Gasteiger partial charge in [-0.1, -0.05) is 18.2 Å². The van der Waals surface area contributed by atoms with Crippen molar-refractivity contribution < 1.29 is 14.3 Å². The predicted octanol–water partition coefficient (Wildman–Crippen LogP) is 4.38. The third-order valence-electron chi connectivity index (χ3n) is 6.09. The fourth-order valence-electron chi connectivity index (χ4n) is 4.27. The molecule has 0 aromatic heterocycles. The number of thioether (sulfide) groups is 1. The highest BCUT2D eigenvalue weighted by Crippen LogP contribution is 2.29. The zero-order valence-corrected chi connectivity index (χ0v) is 19.9. The van der Waals surface area contributed by atoms with Crippen molar-refractivity contribution in [2.45, 2.75) is 32.6 Å². The van der Waals surface area contributed by atoms with Crippen LogP contribution in [0.15, 0.2) is 47.6 Å². The van der Waals surface area contributed by atoms with Gasteiger partial charge in [0.05, 0.1) is 12.8 Å². The Bertz CT molecular complexity index is 1000. The number of esters is 1. The molecule has 1 saturated heterocycles. The minimum Gasteiger partial charge on any atom is -0.466 e. The van der Waals surface area contributed by atoms with Crippen molar-refractivity contribution in [3.05, 3.63) is 64.7 Å². The van der Waals surface area contributed by atoms with E-state index in [9.17, 15) is 9.59 Å². The second kappa shape index (κ2) is 11.4. The quantitative estimate of drug-likeness (QED) is 0.485. The number of anilines is 1. The monoisotopic (exact) mass is 465 g/mol. The summed E-state index contributed by atoms with van der Waals surface area (Å²) in [4.78, 5) is 24.6. The summed E-state index contributed by atoms with van der Waals surface area (Å²) >= 11 is 1.96. The number of hydrazone groups is 1. The normalized spacial score (nSPS) is 18.1. The van der Waals surface area contributed by atoms with Gasteiger partial charge in [-0.25, -0.2) is 0 Å². The molecule has 6 nitrogen and oxygen atoms in total. The molecule has 2 aliphatic rings. The van der Waals surface area contributed by atoms with E-state index in [1.54, 1.807) is 0 Å². The van der Waals surface area contributed by atoms with Crippen LogP contribution in [-0.4, -0.2) is 54.3 Å². The number of aryl methyl sites for hydroxylation is 1. The van der Waals surface area contributed by atoms with Crippen LogP contribution in [0.3, 0.4) is 0 Å². The number of rotatable bonds is 7. The van der Waals surface area contributed by atoms with Crippen molar-refractivity contribution in [2.75, 3.05) is 36.5 Å². The van der Waals surface area contributed by atoms with E-state index in [-0.39, 0.29) is 11.9 Å². The van der Waals surface area contributed by atoms with Gasteiger partial charge >= 0.3 is 5.97 Å². The van der Waals surface area contributed by atoms with Crippen molar-refractivity contribution in [3.63, 3.8) is 0 Å². The number of carbonyl (C=O) groups is 2. The van der Waals surface area contributed by atoms with Gasteiger partial charge in [-0.15, -0.1) is 0 Å². The van der Waals surface area contributed by atoms with Gasteiger partial charge in [-0.2, -0.15) is 16.9 Å². The number of hydrogen-bond donors (Lipinski definition) is 1. The Balaban J connectivity index is 1.32. The standard InChI is InChI=1S/C26H31N3O3S/c1-2-32-25(30)16-20-3-6-22-17-23(8-7-21(22)15-20)26(31)28-24-9-4-19(5-10-24)18-27-29-11-13-33-14-12-29/h4-5,7-10,17-18,20H,2-3,6,11-16H2,1H3,(H,28,31)/b27-18+. The average Bonchev–Trinajstić information content (AvgIpc) is 2.84. The maximum Gasteiger partial charge on any atom is 0.306 e. The minimum atomic E-state index is -0.121. The van der Waals surface area contributed by atoms with Gasteiger partial charge in [0, 0.05) is 42.3 Å². The lowest BCUT2D eigenvalue weighted by Crippen LogP contribution is -2.27. The number of fused-ring (bicyclic) bond motifs is 1. The Kier molecular flexibility index (Phi) is 8.05. The summed E-state index contributed by atoms with van der Waals surface area (Å²) < 4.78 is 5.09. The highest BCUT2D eigenvalue weighted by atomic mass is 32.2. The molecule has 33 heavy (non-hydrogen) atoms. The summed E-state index contributed by atoms with van der Waals surface area (Å²) in [5, 5.41) is 9.63. The van der Waals surface area contributed by atoms with Crippen LogP contribution in [0, 0.1) is 5.92 Å². The fourth-order valence-corrected chi connectivity index (χ4v) is 5.16. The number of carbonyl (C=O) groups excluding carboxylic acids is 2. The molecule has 0 bridgehead atoms. The Morgan fingerprint density at radius 3 is 2.70 bits per heavy atom. The van der Waals surface area contributed by atoms with E-state index in [4.69, 9.17) is 4.74 Å². The summed E-state index contributed by atoms with van der Waals surface area (Å²) in [6.07, 6.45) is 5.02. The Hall–Kier alpha value is -2.80. The smallest absolute Gasteiger partial charge is 0.306 e. The van der Waals surface area contributed by atoms with Crippen LogP contribution >= 0.6 is 11.8 Å². The van der Waals surface area contributed by atoms with Crippen LogP contribution in [-0.2, 0) is 22.4 Å². The maximum atomic E-state index is 12.8. The van der Waals surface area contributed by atoms with Gasteiger partial charge in [-0.3, -0.25) is 14.6 Å². The van der Waals surface area contributed by atoms with Crippen LogP contribution in [0.4, 0.5) is 5.69 Å². The number of ether oxygens (including phenoxy) is 1. The Morgan fingerprint density at radius 2 is 1.94 bits per heavy atom. The molecule has 4 rings (SSSR count). The molecule has 7 heteroatoms. The van der Waals surface area contributed by atoms with Crippen molar-refractivity contribution in [1.82, 2.24) is 5.01 Å². The van der Waals surface area contributed by atoms with Crippen LogP contribution in [0.25, 0.3) is 0 Å². The van der Waals surface area contributed by atoms with E-state index in [1.165, 1.54) is 11.1 Å². The number of amides is 1. The molecule has 174 valence electrons. The van der Waals surface area contributed by atoms with Crippen molar-refractivity contribution in [3.8, 4) is 0 Å². The molecule has 1 aliphatic heterocycles. The average molecular weight is 466 g/mol. The molecule has 1 amide bonds. The molecule has 2 aromatic rings. The second-order valence-corrected chi connectivity index (χ2v) is 9.71. The molecular weight excluding hydrogens is 434 g/mol. The first kappa shape index (κ1) is 23.4. The Morgan fingerprint density at radius 1 is 1.15 bits per heavy atom. The molecular formula is C26H31N3O3S. The highest BCUT2D eigenvalue weighted by molar-refractivity contribution is 7.99. The molecule has 0 radical (unpaired) electrons. The lowest BCUT2D eigenvalue weighted by Gasteiger charge is -2.24. The Labute approximate surface area is 199 Å². The van der Waals surface area contributed by atoms with E-state index in [0.717, 1.165) is 55.1 Å². The highest BCUT2D eigenvalue weighted by Gasteiger charge is 2.22. The first-order valence-corrected chi connectivity index (χ1v) is 12.8. The predicted molar refractivity (Wildman–Crippen MR) is 134 cm³/mol. The second-order valence-electron chi connectivity index (χ2n) is 8.49. The number of nitrogens with zero attached hydrogens (tertiary/aromatic N) is 2. The van der Waals surface area contributed by atoms with Gasteiger partial charge in [0.1, 0.15) is 0 Å². The molecule has 0 saturated carbocycles. The molecule has 1 aliphatic carbocycles. The van der Waals surface area contributed by atoms with Gasteiger partial charge in [0.25, 0.3) is 5.91 Å². The fraction of sp³-hybridized carbons (Fsp3) is 0.423. The van der Waals surface area contributed by atoms with Gasteiger partial charge in [0.15, 0.2) is 0 Å². The van der Waals surface area contributed by atoms with Crippen LogP contribution in [0.2, 0.25) is 0 Å². The number of benzene rings is 2. The SMILES string of the molecule is CCOC(=O)CC1CCc2cc(C(=O)Nc3ccc(/C=N/N4CCSCC4)cc3)ccc2C1. The molecule has 0 spiro atoms. The van der Waals surface area contributed by atoms with Crippen LogP contribution < -0.4 is 5.32 Å². The first-order valence-electron chi connectivity index (χ1n) is 11.7. The number of nitrogens with one attached hydrogen (secondary N) is 1. The van der Waals surface area contributed by atoms with Gasteiger partial charge in [0.2, 0.25) is 0 Å². The number of hydrogen-bond acceptors (Lipinski definition) is 6. The molecule has 1 fully saturated rings.